The van der Waals surface area contributed by atoms with Crippen LogP contribution in [-0.4, -0.2) is 32.5 Å². The van der Waals surface area contributed by atoms with Gasteiger partial charge < -0.3 is 15.3 Å². The van der Waals surface area contributed by atoms with Gasteiger partial charge in [0.2, 0.25) is 0 Å². The normalized spacial score (nSPS) is 54.3. The van der Waals surface area contributed by atoms with Crippen molar-refractivity contribution in [3.05, 3.63) is 30.1 Å². The number of nitrogens with zero attached hydrogens (tertiary/aromatic N) is 1. The Labute approximate surface area is 174 Å². The lowest BCUT2D eigenvalue weighted by Gasteiger charge is -2.64. The van der Waals surface area contributed by atoms with E-state index in [9.17, 15) is 15.3 Å². The van der Waals surface area contributed by atoms with E-state index in [-0.39, 0.29) is 28.6 Å². The number of fused-ring (bicyclic) bond motifs is 5. The van der Waals surface area contributed by atoms with Crippen molar-refractivity contribution >= 4 is 0 Å². The minimum atomic E-state index is -0.951. The highest BCUT2D eigenvalue weighted by Crippen LogP contribution is 2.70. The van der Waals surface area contributed by atoms with Crippen molar-refractivity contribution in [1.82, 2.24) is 4.98 Å². The summed E-state index contributed by atoms with van der Waals surface area (Å²) in [6.07, 6.45) is 7.41. The molecule has 0 saturated heterocycles. The fourth-order valence-corrected chi connectivity index (χ4v) is 8.51. The van der Waals surface area contributed by atoms with Crippen LogP contribution in [0.2, 0.25) is 0 Å². The third-order valence-electron chi connectivity index (χ3n) is 10.3. The van der Waals surface area contributed by atoms with Gasteiger partial charge in [0.15, 0.2) is 0 Å². The number of aliphatic hydroxyl groups is 3. The van der Waals surface area contributed by atoms with Crippen molar-refractivity contribution in [3.8, 4) is 0 Å². The molecule has 0 spiro atoms. The summed E-state index contributed by atoms with van der Waals surface area (Å²) < 4.78 is 0. The Kier molecular flexibility index (Phi) is 4.48. The second-order valence-corrected chi connectivity index (χ2v) is 11.3. The Morgan fingerprint density at radius 1 is 0.931 bits per heavy atom. The van der Waals surface area contributed by atoms with Gasteiger partial charge in [0.25, 0.3) is 0 Å². The van der Waals surface area contributed by atoms with E-state index in [0.29, 0.717) is 18.3 Å². The van der Waals surface area contributed by atoms with Gasteiger partial charge in [0.05, 0.1) is 17.9 Å². The summed E-state index contributed by atoms with van der Waals surface area (Å²) in [6.45, 7) is 6.89. The summed E-state index contributed by atoms with van der Waals surface area (Å²) in [5.41, 5.74) is -0.394. The highest BCUT2D eigenvalue weighted by atomic mass is 16.3. The molecule has 0 amide bonds. The first-order chi connectivity index (χ1) is 13.7. The molecular formula is C25H37NO3. The van der Waals surface area contributed by atoms with Crippen LogP contribution in [0.4, 0.5) is 0 Å². The van der Waals surface area contributed by atoms with E-state index in [1.54, 1.807) is 6.20 Å². The van der Waals surface area contributed by atoms with E-state index in [4.69, 9.17) is 0 Å². The zero-order chi connectivity index (χ0) is 20.6. The van der Waals surface area contributed by atoms with E-state index in [0.717, 1.165) is 37.8 Å². The number of aliphatic hydroxyl groups excluding tert-OH is 2. The van der Waals surface area contributed by atoms with Gasteiger partial charge in [-0.1, -0.05) is 33.3 Å². The average Bonchev–Trinajstić information content (AvgIpc) is 3.00. The minimum absolute atomic E-state index is 0.0659. The van der Waals surface area contributed by atoms with Crippen LogP contribution in [0, 0.1) is 40.4 Å². The first-order valence-electron chi connectivity index (χ1n) is 11.7. The molecule has 2 unspecified atom stereocenters. The fourth-order valence-electron chi connectivity index (χ4n) is 8.51. The molecular weight excluding hydrogens is 362 g/mol. The van der Waals surface area contributed by atoms with Crippen molar-refractivity contribution < 1.29 is 15.3 Å². The van der Waals surface area contributed by atoms with Crippen molar-refractivity contribution in [2.24, 2.45) is 40.4 Å². The summed E-state index contributed by atoms with van der Waals surface area (Å²) in [4.78, 5) is 4.53. The lowest BCUT2D eigenvalue weighted by Crippen LogP contribution is -2.64. The van der Waals surface area contributed by atoms with Crippen LogP contribution in [0.25, 0.3) is 0 Å². The van der Waals surface area contributed by atoms with Gasteiger partial charge in [0.1, 0.15) is 5.60 Å². The topological polar surface area (TPSA) is 73.6 Å². The number of hydrogen-bond acceptors (Lipinski definition) is 4. The van der Waals surface area contributed by atoms with E-state index in [1.165, 1.54) is 6.42 Å². The summed E-state index contributed by atoms with van der Waals surface area (Å²) in [6, 6.07) is 5.80. The Hall–Kier alpha value is -0.970. The maximum Gasteiger partial charge on any atom is 0.112 e. The molecule has 1 heterocycles. The second kappa shape index (κ2) is 6.51. The molecule has 0 aliphatic heterocycles. The summed E-state index contributed by atoms with van der Waals surface area (Å²) in [5, 5.41) is 34.5. The van der Waals surface area contributed by atoms with Crippen molar-refractivity contribution in [1.29, 1.82) is 0 Å². The quantitative estimate of drug-likeness (QED) is 0.670. The number of aromatic nitrogens is 1. The highest BCUT2D eigenvalue weighted by Gasteiger charge is 2.68. The van der Waals surface area contributed by atoms with Gasteiger partial charge in [-0.3, -0.25) is 4.98 Å². The molecule has 10 atom stereocenters. The Morgan fingerprint density at radius 2 is 1.69 bits per heavy atom. The third kappa shape index (κ3) is 2.52. The first-order valence-corrected chi connectivity index (χ1v) is 11.7. The summed E-state index contributed by atoms with van der Waals surface area (Å²) >= 11 is 0. The predicted octanol–water partition coefficient (Wildman–Crippen LogP) is 3.89. The van der Waals surface area contributed by atoms with Gasteiger partial charge in [0, 0.05) is 11.6 Å². The van der Waals surface area contributed by atoms with E-state index < -0.39 is 17.8 Å². The number of pyridine rings is 1. The Morgan fingerprint density at radius 3 is 2.41 bits per heavy atom. The molecule has 4 fully saturated rings. The monoisotopic (exact) mass is 399 g/mol. The molecule has 0 aromatic carbocycles. The standard InChI is InChI=1S/C25H37NO3/c1-15-7-10-23(2)16-8-11-24(3)17(20(16)22(28)21(27)18(23)14-15)9-12-25(24,29)19-6-4-5-13-26-19/h4-6,13,15-18,20-22,27-29H,7-12,14H2,1-3H3/t15-,16-,17-,18+,20?,21+,22?,23+,24-,25+/m0/s1. The lowest BCUT2D eigenvalue weighted by atomic mass is 9.42. The molecule has 29 heavy (non-hydrogen) atoms. The average molecular weight is 400 g/mol. The van der Waals surface area contributed by atoms with Gasteiger partial charge in [-0.05, 0) is 85.7 Å². The molecule has 1 aromatic heterocycles. The third-order valence-corrected chi connectivity index (χ3v) is 10.3. The van der Waals surface area contributed by atoms with Gasteiger partial charge >= 0.3 is 0 Å². The number of rotatable bonds is 1. The zero-order valence-electron chi connectivity index (χ0n) is 18.1. The Bertz CT molecular complexity index is 771. The Balaban J connectivity index is 1.53. The van der Waals surface area contributed by atoms with Crippen LogP contribution in [0.1, 0.15) is 71.4 Å². The molecule has 1 aromatic rings. The van der Waals surface area contributed by atoms with Gasteiger partial charge in [-0.25, -0.2) is 0 Å². The molecule has 0 radical (unpaired) electrons. The lowest BCUT2D eigenvalue weighted by molar-refractivity contribution is -0.230. The van der Waals surface area contributed by atoms with Crippen LogP contribution in [-0.2, 0) is 5.60 Å². The van der Waals surface area contributed by atoms with Crippen LogP contribution >= 0.6 is 0 Å². The zero-order valence-corrected chi connectivity index (χ0v) is 18.1. The molecule has 5 rings (SSSR count). The molecule has 0 bridgehead atoms. The van der Waals surface area contributed by atoms with E-state index in [2.05, 4.69) is 25.8 Å². The van der Waals surface area contributed by atoms with Crippen molar-refractivity contribution in [3.63, 3.8) is 0 Å². The number of hydrogen-bond donors (Lipinski definition) is 3. The molecule has 4 nitrogen and oxygen atoms in total. The van der Waals surface area contributed by atoms with Crippen LogP contribution < -0.4 is 0 Å². The molecule has 4 saturated carbocycles. The summed E-state index contributed by atoms with van der Waals surface area (Å²) in [7, 11) is 0. The molecule has 3 N–H and O–H groups in total. The van der Waals surface area contributed by atoms with Crippen molar-refractivity contribution in [2.75, 3.05) is 0 Å². The first kappa shape index (κ1) is 20.0. The molecule has 4 aliphatic carbocycles. The fraction of sp³-hybridized carbons (Fsp3) is 0.800. The second-order valence-electron chi connectivity index (χ2n) is 11.3. The SMILES string of the molecule is C[C@H]1CC[C@@]2(C)[C@H](C1)[C@@H](O)C(O)C1[C@@H]2CC[C@@]2(C)[C@H]1CC[C@@]2(O)c1ccccn1. The van der Waals surface area contributed by atoms with Crippen LogP contribution in [0.5, 0.6) is 0 Å². The maximum absolute atomic E-state index is 11.9. The summed E-state index contributed by atoms with van der Waals surface area (Å²) in [5.74, 6) is 1.54. The smallest absolute Gasteiger partial charge is 0.112 e. The molecule has 4 heteroatoms. The van der Waals surface area contributed by atoms with Crippen molar-refractivity contribution in [2.45, 2.75) is 83.5 Å². The van der Waals surface area contributed by atoms with Crippen LogP contribution in [0.3, 0.4) is 0 Å². The maximum atomic E-state index is 11.9. The largest absolute Gasteiger partial charge is 0.390 e. The highest BCUT2D eigenvalue weighted by molar-refractivity contribution is 5.24. The van der Waals surface area contributed by atoms with Crippen LogP contribution in [0.15, 0.2) is 24.4 Å². The minimum Gasteiger partial charge on any atom is -0.390 e. The van der Waals surface area contributed by atoms with Gasteiger partial charge in [-0.2, -0.15) is 0 Å². The van der Waals surface area contributed by atoms with E-state index >= 15 is 0 Å². The molecule has 160 valence electrons. The molecule has 4 aliphatic rings. The predicted molar refractivity (Wildman–Crippen MR) is 112 cm³/mol. The van der Waals surface area contributed by atoms with E-state index in [1.807, 2.05) is 18.2 Å². The van der Waals surface area contributed by atoms with Gasteiger partial charge in [-0.15, -0.1) is 0 Å².